The summed E-state index contributed by atoms with van der Waals surface area (Å²) in [5.74, 6) is 0.0354. The van der Waals surface area contributed by atoms with E-state index in [1.165, 1.54) is 0 Å². The van der Waals surface area contributed by atoms with Gasteiger partial charge in [-0.25, -0.2) is 9.59 Å². The number of benzene rings is 2. The Balaban J connectivity index is 0.940. The Kier molecular flexibility index (Phi) is 9.49. The van der Waals surface area contributed by atoms with Crippen molar-refractivity contribution in [2.45, 2.75) is 91.9 Å². The lowest BCUT2D eigenvalue weighted by atomic mass is 9.68. The zero-order chi connectivity index (χ0) is 39.5. The van der Waals surface area contributed by atoms with Crippen molar-refractivity contribution < 1.29 is 47.6 Å². The van der Waals surface area contributed by atoms with Crippen LogP contribution in [0.15, 0.2) is 81.5 Å². The summed E-state index contributed by atoms with van der Waals surface area (Å²) in [6, 6.07) is 11.0. The van der Waals surface area contributed by atoms with Crippen LogP contribution in [-0.2, 0) is 28.7 Å². The molecule has 8 rings (SSSR count). The molecule has 2 unspecified atom stereocenters. The van der Waals surface area contributed by atoms with E-state index in [9.17, 15) is 19.2 Å². The average Bonchev–Trinajstić information content (AvgIpc) is 3.79. The van der Waals surface area contributed by atoms with E-state index in [1.807, 2.05) is 38.1 Å². The highest BCUT2D eigenvalue weighted by Crippen LogP contribution is 2.50. The van der Waals surface area contributed by atoms with Gasteiger partial charge in [0, 0.05) is 58.6 Å². The first kappa shape index (κ1) is 37.4. The van der Waals surface area contributed by atoms with Crippen LogP contribution in [0.3, 0.4) is 0 Å². The minimum absolute atomic E-state index is 0.00507. The smallest absolute Gasteiger partial charge is 0.336 e. The van der Waals surface area contributed by atoms with Gasteiger partial charge in [-0.2, -0.15) is 0 Å². The molecule has 2 aromatic rings. The van der Waals surface area contributed by atoms with E-state index in [0.717, 1.165) is 22.5 Å². The van der Waals surface area contributed by atoms with E-state index in [-0.39, 0.29) is 49.2 Å². The lowest BCUT2D eigenvalue weighted by Gasteiger charge is -2.39. The molecule has 0 saturated carbocycles. The molecule has 0 saturated heterocycles. The molecule has 4 aliphatic heterocycles. The van der Waals surface area contributed by atoms with Gasteiger partial charge in [0.15, 0.2) is 34.6 Å². The fraction of sp³-hybridized carbons (Fsp3) is 0.455. The molecule has 6 aliphatic rings. The van der Waals surface area contributed by atoms with Crippen molar-refractivity contribution in [1.82, 2.24) is 10.6 Å². The van der Waals surface area contributed by atoms with Gasteiger partial charge in [0.25, 0.3) is 0 Å². The van der Waals surface area contributed by atoms with Crippen molar-refractivity contribution in [1.29, 1.82) is 0 Å². The molecule has 2 atom stereocenters. The number of carbonyl (C=O) groups is 4. The molecule has 294 valence electrons. The van der Waals surface area contributed by atoms with Crippen LogP contribution in [-0.4, -0.2) is 50.3 Å². The van der Waals surface area contributed by atoms with Crippen LogP contribution in [0.4, 0.5) is 0 Å². The van der Waals surface area contributed by atoms with E-state index in [1.54, 1.807) is 12.1 Å². The van der Waals surface area contributed by atoms with Crippen molar-refractivity contribution in [3.8, 4) is 23.0 Å². The Morgan fingerprint density at radius 3 is 1.43 bits per heavy atom. The second kappa shape index (κ2) is 14.2. The van der Waals surface area contributed by atoms with Gasteiger partial charge in [0.2, 0.25) is 13.6 Å². The summed E-state index contributed by atoms with van der Waals surface area (Å²) < 4.78 is 34.0. The third kappa shape index (κ3) is 6.94. The predicted octanol–water partition coefficient (Wildman–Crippen LogP) is 6.92. The Bertz CT molecular complexity index is 2030. The number of hydrogen-bond acceptors (Lipinski definition) is 12. The lowest BCUT2D eigenvalue weighted by molar-refractivity contribution is -0.142. The largest absolute Gasteiger partial charge is 0.462 e. The molecule has 4 heterocycles. The Morgan fingerprint density at radius 2 is 1.02 bits per heavy atom. The van der Waals surface area contributed by atoms with Crippen LogP contribution >= 0.6 is 0 Å². The predicted molar refractivity (Wildman–Crippen MR) is 204 cm³/mol. The molecule has 0 radical (unpaired) electrons. The van der Waals surface area contributed by atoms with Crippen LogP contribution in [0.25, 0.3) is 0 Å². The minimum Gasteiger partial charge on any atom is -0.462 e. The minimum atomic E-state index is -0.631. The summed E-state index contributed by atoms with van der Waals surface area (Å²) in [5.41, 5.74) is 5.89. The van der Waals surface area contributed by atoms with Gasteiger partial charge >= 0.3 is 11.9 Å². The zero-order valence-electron chi connectivity index (χ0n) is 32.8. The van der Waals surface area contributed by atoms with Crippen LogP contribution in [0.2, 0.25) is 0 Å². The van der Waals surface area contributed by atoms with Crippen LogP contribution in [0.5, 0.6) is 23.0 Å². The summed E-state index contributed by atoms with van der Waals surface area (Å²) in [6.45, 7) is 12.3. The number of Topliss-reactive ketones (excluding diaryl/α,β-unsaturated/α-hetero) is 2. The van der Waals surface area contributed by atoms with Crippen LogP contribution < -0.4 is 29.6 Å². The third-order valence-electron chi connectivity index (χ3n) is 11.4. The number of rotatable bonds is 9. The Labute approximate surface area is 326 Å². The molecule has 12 nitrogen and oxygen atoms in total. The van der Waals surface area contributed by atoms with E-state index in [4.69, 9.17) is 28.4 Å². The second-order valence-electron chi connectivity index (χ2n) is 17.1. The standard InChI is InChI=1S/C44H48N2O10/c1-23-35(37(25-9-11-31-33(15-25)55-21-53-31)39-27(45-23)17-43(3,4)19-29(39)47)41(49)51-13-7-8-14-52-42(50)36-24(2)46-28-18-44(5,6)20-30(48)40(28)38(36)26-10-12-32-34(16-26)56-22-54-32/h9-12,15-16,37-38,45-46H,7-8,13-14,17-22H2,1-6H3. The van der Waals surface area contributed by atoms with Crippen LogP contribution in [0, 0.1) is 10.8 Å². The number of ketones is 2. The molecular weight excluding hydrogens is 716 g/mol. The molecule has 2 N–H and O–H groups in total. The SMILES string of the molecule is CC1=C(C(=O)OCCCCOC(=O)C2=C(C)NC3=C(C(=O)CC(C)(C)C3)C2c2ccc3c(c2)OCO3)C(c2ccc3c(c2)OCO3)C2=C(CC(C)(C)CC2=O)N1. The molecule has 56 heavy (non-hydrogen) atoms. The van der Waals surface area contributed by atoms with Gasteiger partial charge in [-0.05, 0) is 85.8 Å². The quantitative estimate of drug-likeness (QED) is 0.202. The number of fused-ring (bicyclic) bond motifs is 2. The average molecular weight is 765 g/mol. The summed E-state index contributed by atoms with van der Waals surface area (Å²) >= 11 is 0. The molecule has 2 aromatic carbocycles. The Hall–Kier alpha value is -5.52. The number of dihydropyridines is 2. The fourth-order valence-corrected chi connectivity index (χ4v) is 8.95. The number of ether oxygens (including phenoxy) is 6. The number of carbonyl (C=O) groups excluding carboxylic acids is 4. The summed E-state index contributed by atoms with van der Waals surface area (Å²) in [7, 11) is 0. The molecule has 12 heteroatoms. The van der Waals surface area contributed by atoms with Crippen molar-refractivity contribution in [2.24, 2.45) is 10.8 Å². The molecule has 0 bridgehead atoms. The van der Waals surface area contributed by atoms with Crippen molar-refractivity contribution in [2.75, 3.05) is 26.8 Å². The first-order chi connectivity index (χ1) is 26.7. The monoisotopic (exact) mass is 764 g/mol. The molecule has 2 aliphatic carbocycles. The number of allylic oxidation sites excluding steroid dienone is 6. The van der Waals surface area contributed by atoms with E-state index >= 15 is 0 Å². The third-order valence-corrected chi connectivity index (χ3v) is 11.4. The normalized spacial score (nSPS) is 23.0. The van der Waals surface area contributed by atoms with Gasteiger partial charge in [0.05, 0.1) is 24.4 Å². The van der Waals surface area contributed by atoms with Gasteiger partial charge < -0.3 is 39.1 Å². The highest BCUT2D eigenvalue weighted by Gasteiger charge is 2.45. The zero-order valence-corrected chi connectivity index (χ0v) is 32.8. The molecular formula is C44H48N2O10. The van der Waals surface area contributed by atoms with E-state index < -0.39 is 23.8 Å². The van der Waals surface area contributed by atoms with E-state index in [2.05, 4.69) is 38.3 Å². The van der Waals surface area contributed by atoms with Crippen LogP contribution in [0.1, 0.15) is 103 Å². The second-order valence-corrected chi connectivity index (χ2v) is 17.1. The maximum absolute atomic E-state index is 13.9. The van der Waals surface area contributed by atoms with Gasteiger partial charge in [-0.15, -0.1) is 0 Å². The summed E-state index contributed by atoms with van der Waals surface area (Å²) in [6.07, 6.45) is 2.94. The molecule has 0 fully saturated rings. The molecule has 0 amide bonds. The van der Waals surface area contributed by atoms with Gasteiger partial charge in [0.1, 0.15) is 0 Å². The first-order valence-corrected chi connectivity index (χ1v) is 19.3. The van der Waals surface area contributed by atoms with Crippen molar-refractivity contribution >= 4 is 23.5 Å². The van der Waals surface area contributed by atoms with E-state index in [0.29, 0.717) is 95.2 Å². The fourth-order valence-electron chi connectivity index (χ4n) is 8.95. The molecule has 0 spiro atoms. The maximum Gasteiger partial charge on any atom is 0.336 e. The van der Waals surface area contributed by atoms with Crippen molar-refractivity contribution in [3.63, 3.8) is 0 Å². The topological polar surface area (TPSA) is 148 Å². The number of hydrogen-bond donors (Lipinski definition) is 2. The number of nitrogens with one attached hydrogen (secondary N) is 2. The molecule has 0 aromatic heterocycles. The maximum atomic E-state index is 13.9. The first-order valence-electron chi connectivity index (χ1n) is 19.3. The highest BCUT2D eigenvalue weighted by atomic mass is 16.7. The van der Waals surface area contributed by atoms with Crippen molar-refractivity contribution in [3.05, 3.63) is 92.6 Å². The number of esters is 2. The highest BCUT2D eigenvalue weighted by molar-refractivity contribution is 6.05. The van der Waals surface area contributed by atoms with Gasteiger partial charge in [-0.3, -0.25) is 9.59 Å². The lowest BCUT2D eigenvalue weighted by Crippen LogP contribution is -2.38. The summed E-state index contributed by atoms with van der Waals surface area (Å²) in [4.78, 5) is 55.2. The number of unbranched alkanes of at least 4 members (excludes halogenated alkanes) is 1. The summed E-state index contributed by atoms with van der Waals surface area (Å²) in [5, 5.41) is 6.75. The van der Waals surface area contributed by atoms with Gasteiger partial charge in [-0.1, -0.05) is 39.8 Å². The Morgan fingerprint density at radius 1 is 0.625 bits per heavy atom.